The van der Waals surface area contributed by atoms with Crippen LogP contribution in [0.5, 0.6) is 11.5 Å². The van der Waals surface area contributed by atoms with E-state index in [0.29, 0.717) is 12.2 Å². The Kier molecular flexibility index (Phi) is 4.20. The molecule has 0 aliphatic carbocycles. The zero-order valence-corrected chi connectivity index (χ0v) is 12.6. The third-order valence-electron chi connectivity index (χ3n) is 3.58. The lowest BCUT2D eigenvalue weighted by atomic mass is 9.90. The van der Waals surface area contributed by atoms with Crippen LogP contribution in [0, 0.1) is 11.3 Å². The maximum atomic E-state index is 8.97. The number of benzene rings is 1. The molecule has 0 radical (unpaired) electrons. The average molecular weight is 274 g/mol. The molecule has 4 nitrogen and oxygen atoms in total. The highest BCUT2D eigenvalue weighted by molar-refractivity contribution is 5.44. The van der Waals surface area contributed by atoms with Crippen molar-refractivity contribution in [2.75, 3.05) is 7.05 Å². The summed E-state index contributed by atoms with van der Waals surface area (Å²) in [5.41, 5.74) is 0.933. The second-order valence-electron chi connectivity index (χ2n) is 5.75. The molecule has 1 aromatic carbocycles. The van der Waals surface area contributed by atoms with E-state index in [9.17, 15) is 0 Å². The summed E-state index contributed by atoms with van der Waals surface area (Å²) in [6.45, 7) is 6.10. The fraction of sp³-hybridized carbons (Fsp3) is 0.562. The van der Waals surface area contributed by atoms with Crippen molar-refractivity contribution in [3.05, 3.63) is 23.8 Å². The van der Waals surface area contributed by atoms with Gasteiger partial charge in [-0.05, 0) is 33.4 Å². The molecule has 1 aliphatic heterocycles. The van der Waals surface area contributed by atoms with Crippen molar-refractivity contribution < 1.29 is 9.47 Å². The van der Waals surface area contributed by atoms with Gasteiger partial charge < -0.3 is 14.8 Å². The maximum absolute atomic E-state index is 8.97. The monoisotopic (exact) mass is 274 g/mol. The summed E-state index contributed by atoms with van der Waals surface area (Å²) in [5.74, 6) is 1.52. The van der Waals surface area contributed by atoms with Crippen LogP contribution in [0.25, 0.3) is 0 Å². The molecular formula is C16H22N2O2. The summed E-state index contributed by atoms with van der Waals surface area (Å²) in [6.07, 6.45) is 1.18. The number of hydrogen-bond acceptors (Lipinski definition) is 4. The van der Waals surface area contributed by atoms with Gasteiger partial charge in [0.05, 0.1) is 0 Å². The molecule has 108 valence electrons. The Morgan fingerprint density at radius 3 is 2.90 bits per heavy atom. The first kappa shape index (κ1) is 14.7. The highest BCUT2D eigenvalue weighted by Gasteiger charge is 2.33. The van der Waals surface area contributed by atoms with Crippen molar-refractivity contribution in [1.29, 1.82) is 5.26 Å². The van der Waals surface area contributed by atoms with E-state index in [1.165, 1.54) is 0 Å². The lowest BCUT2D eigenvalue weighted by Gasteiger charge is -2.37. The molecular weight excluding hydrogens is 252 g/mol. The van der Waals surface area contributed by atoms with E-state index in [1.54, 1.807) is 0 Å². The number of fused-ring (bicyclic) bond motifs is 1. The molecule has 1 aromatic rings. The summed E-state index contributed by atoms with van der Waals surface area (Å²) in [7, 11) is 1.96. The molecule has 0 saturated heterocycles. The van der Waals surface area contributed by atoms with E-state index in [-0.39, 0.29) is 11.6 Å². The maximum Gasteiger partial charge on any atom is 0.184 e. The lowest BCUT2D eigenvalue weighted by Crippen LogP contribution is -2.38. The van der Waals surface area contributed by atoms with Gasteiger partial charge in [-0.25, -0.2) is 0 Å². The van der Waals surface area contributed by atoms with Crippen LogP contribution in [0.1, 0.15) is 45.2 Å². The summed E-state index contributed by atoms with van der Waals surface area (Å²) < 4.78 is 11.7. The first-order chi connectivity index (χ1) is 9.49. The van der Waals surface area contributed by atoms with E-state index in [2.05, 4.69) is 25.2 Å². The van der Waals surface area contributed by atoms with Gasteiger partial charge in [-0.3, -0.25) is 0 Å². The molecule has 0 spiro atoms. The molecule has 0 saturated carbocycles. The number of nitriles is 1. The lowest BCUT2D eigenvalue weighted by molar-refractivity contribution is 0.0670. The van der Waals surface area contributed by atoms with Gasteiger partial charge in [0, 0.05) is 24.1 Å². The van der Waals surface area contributed by atoms with Crippen molar-refractivity contribution in [3.8, 4) is 17.6 Å². The van der Waals surface area contributed by atoms with Crippen LogP contribution in [-0.2, 0) is 0 Å². The highest BCUT2D eigenvalue weighted by atomic mass is 16.5. The predicted molar refractivity (Wildman–Crippen MR) is 77.9 cm³/mol. The minimum Gasteiger partial charge on any atom is -0.487 e. The van der Waals surface area contributed by atoms with Crippen molar-refractivity contribution in [2.45, 2.75) is 51.4 Å². The Morgan fingerprint density at radius 1 is 1.55 bits per heavy atom. The molecule has 1 heterocycles. The molecule has 2 atom stereocenters. The molecule has 1 aliphatic rings. The SMILES string of the molecule is CCC(C#N)Oc1ccc2c(c1)OC(C)(C)CC2NC. The number of nitrogens with one attached hydrogen (secondary N) is 1. The Balaban J connectivity index is 2.28. The van der Waals surface area contributed by atoms with Crippen LogP contribution < -0.4 is 14.8 Å². The molecule has 0 amide bonds. The zero-order valence-electron chi connectivity index (χ0n) is 12.6. The van der Waals surface area contributed by atoms with E-state index in [4.69, 9.17) is 14.7 Å². The Bertz CT molecular complexity index is 520. The van der Waals surface area contributed by atoms with Crippen molar-refractivity contribution in [2.24, 2.45) is 0 Å². The van der Waals surface area contributed by atoms with E-state index in [0.717, 1.165) is 17.7 Å². The summed E-state index contributed by atoms with van der Waals surface area (Å²) in [6, 6.07) is 8.24. The number of rotatable bonds is 4. The zero-order chi connectivity index (χ0) is 14.8. The molecule has 0 aromatic heterocycles. The third kappa shape index (κ3) is 3.05. The van der Waals surface area contributed by atoms with Gasteiger partial charge >= 0.3 is 0 Å². The molecule has 4 heteroatoms. The number of ether oxygens (including phenoxy) is 2. The summed E-state index contributed by atoms with van der Waals surface area (Å²) in [4.78, 5) is 0. The van der Waals surface area contributed by atoms with Crippen LogP contribution in [0.3, 0.4) is 0 Å². The van der Waals surface area contributed by atoms with Crippen LogP contribution in [0.4, 0.5) is 0 Å². The molecule has 2 unspecified atom stereocenters. The first-order valence-electron chi connectivity index (χ1n) is 7.05. The van der Waals surface area contributed by atoms with Gasteiger partial charge in [-0.2, -0.15) is 5.26 Å². The van der Waals surface area contributed by atoms with Crippen LogP contribution in [0.2, 0.25) is 0 Å². The van der Waals surface area contributed by atoms with Crippen molar-refractivity contribution in [3.63, 3.8) is 0 Å². The van der Waals surface area contributed by atoms with E-state index >= 15 is 0 Å². The normalized spacial score (nSPS) is 21.2. The topological polar surface area (TPSA) is 54.3 Å². The average Bonchev–Trinajstić information content (AvgIpc) is 2.42. The van der Waals surface area contributed by atoms with Crippen LogP contribution in [0.15, 0.2) is 18.2 Å². The van der Waals surface area contributed by atoms with Gasteiger partial charge in [0.2, 0.25) is 0 Å². The summed E-state index contributed by atoms with van der Waals surface area (Å²) in [5, 5.41) is 12.3. The number of hydrogen-bond donors (Lipinski definition) is 1. The Labute approximate surface area is 120 Å². The second kappa shape index (κ2) is 5.72. The quantitative estimate of drug-likeness (QED) is 0.916. The van der Waals surface area contributed by atoms with Crippen LogP contribution >= 0.6 is 0 Å². The Morgan fingerprint density at radius 2 is 2.30 bits per heavy atom. The first-order valence-corrected chi connectivity index (χ1v) is 7.05. The fourth-order valence-electron chi connectivity index (χ4n) is 2.53. The Hall–Kier alpha value is -1.73. The fourth-order valence-corrected chi connectivity index (χ4v) is 2.53. The molecule has 20 heavy (non-hydrogen) atoms. The second-order valence-corrected chi connectivity index (χ2v) is 5.75. The van der Waals surface area contributed by atoms with Gasteiger partial charge in [-0.1, -0.05) is 13.0 Å². The van der Waals surface area contributed by atoms with Crippen molar-refractivity contribution in [1.82, 2.24) is 5.32 Å². The van der Waals surface area contributed by atoms with Gasteiger partial charge in [0.1, 0.15) is 23.2 Å². The molecule has 1 N–H and O–H groups in total. The molecule has 2 rings (SSSR count). The summed E-state index contributed by atoms with van der Waals surface area (Å²) >= 11 is 0. The van der Waals surface area contributed by atoms with Gasteiger partial charge in [-0.15, -0.1) is 0 Å². The van der Waals surface area contributed by atoms with Crippen LogP contribution in [-0.4, -0.2) is 18.8 Å². The smallest absolute Gasteiger partial charge is 0.184 e. The predicted octanol–water partition coefficient (Wildman–Crippen LogP) is 3.19. The van der Waals surface area contributed by atoms with E-state index < -0.39 is 6.10 Å². The minimum atomic E-state index is -0.412. The molecule has 0 bridgehead atoms. The highest BCUT2D eigenvalue weighted by Crippen LogP contribution is 2.41. The number of nitrogens with zero attached hydrogens (tertiary/aromatic N) is 1. The largest absolute Gasteiger partial charge is 0.487 e. The van der Waals surface area contributed by atoms with Gasteiger partial charge in [0.25, 0.3) is 0 Å². The van der Waals surface area contributed by atoms with E-state index in [1.807, 2.05) is 32.2 Å². The minimum absolute atomic E-state index is 0.210. The van der Waals surface area contributed by atoms with Crippen molar-refractivity contribution >= 4 is 0 Å². The standard InChI is InChI=1S/C16H22N2O2/c1-5-11(10-17)19-12-6-7-13-14(18-4)9-16(2,3)20-15(13)8-12/h6-8,11,14,18H,5,9H2,1-4H3. The molecule has 0 fully saturated rings. The van der Waals surface area contributed by atoms with Gasteiger partial charge in [0.15, 0.2) is 6.10 Å². The third-order valence-corrected chi connectivity index (χ3v) is 3.58.